The van der Waals surface area contributed by atoms with E-state index < -0.39 is 0 Å². The molecule has 2 N–H and O–H groups in total. The second-order valence-corrected chi connectivity index (χ2v) is 8.68. The Labute approximate surface area is 207 Å². The zero-order valence-corrected chi connectivity index (χ0v) is 20.2. The second-order valence-electron chi connectivity index (χ2n) is 7.63. The van der Waals surface area contributed by atoms with Crippen LogP contribution in [0.1, 0.15) is 27.8 Å². The molecule has 0 unspecified atom stereocenters. The quantitative estimate of drug-likeness (QED) is 0.299. The Morgan fingerprint density at radius 3 is 2.51 bits per heavy atom. The summed E-state index contributed by atoms with van der Waals surface area (Å²) in [6, 6.07) is 20.2. The molecular weight excluding hydrogens is 466 g/mol. The van der Waals surface area contributed by atoms with Gasteiger partial charge in [0.05, 0.1) is 12.3 Å². The molecule has 2 amide bonds. The van der Waals surface area contributed by atoms with Crippen molar-refractivity contribution < 1.29 is 23.2 Å². The van der Waals surface area contributed by atoms with E-state index in [0.29, 0.717) is 41.2 Å². The molecule has 4 aromatic rings. The third-order valence-electron chi connectivity index (χ3n) is 5.02. The van der Waals surface area contributed by atoms with Crippen molar-refractivity contribution >= 4 is 29.3 Å². The lowest BCUT2D eigenvalue weighted by molar-refractivity contribution is -0.118. The van der Waals surface area contributed by atoms with E-state index in [9.17, 15) is 9.59 Å². The van der Waals surface area contributed by atoms with E-state index in [1.807, 2.05) is 37.3 Å². The summed E-state index contributed by atoms with van der Waals surface area (Å²) in [6.45, 7) is 2.40. The minimum absolute atomic E-state index is 0.0752. The summed E-state index contributed by atoms with van der Waals surface area (Å²) in [4.78, 5) is 30.1. The first kappa shape index (κ1) is 24.3. The fourth-order valence-electron chi connectivity index (χ4n) is 3.22. The number of hydrogen-bond donors (Lipinski definition) is 2. The minimum atomic E-state index is -0.351. The molecule has 9 heteroatoms. The molecule has 0 spiro atoms. The highest BCUT2D eigenvalue weighted by Gasteiger charge is 2.14. The summed E-state index contributed by atoms with van der Waals surface area (Å²) in [6.07, 6.45) is 0. The molecule has 0 fully saturated rings. The lowest BCUT2D eigenvalue weighted by Gasteiger charge is -2.04. The van der Waals surface area contributed by atoms with Gasteiger partial charge in [-0.25, -0.2) is 4.98 Å². The zero-order valence-electron chi connectivity index (χ0n) is 19.4. The Balaban J connectivity index is 1.31. The topological polar surface area (TPSA) is 107 Å². The highest BCUT2D eigenvalue weighted by Crippen LogP contribution is 2.24. The molecule has 0 atom stereocenters. The van der Waals surface area contributed by atoms with Gasteiger partial charge in [-0.05, 0) is 55.5 Å². The van der Waals surface area contributed by atoms with E-state index in [-0.39, 0.29) is 24.1 Å². The van der Waals surface area contributed by atoms with Crippen molar-refractivity contribution in [3.8, 4) is 11.5 Å². The molecule has 0 aliphatic rings. The Morgan fingerprint density at radius 2 is 1.77 bits per heavy atom. The number of oxazole rings is 1. The molecule has 8 nitrogen and oxygen atoms in total. The lowest BCUT2D eigenvalue weighted by Crippen LogP contribution is -2.25. The van der Waals surface area contributed by atoms with Gasteiger partial charge in [0.2, 0.25) is 11.8 Å². The largest absolute Gasteiger partial charge is 0.453 e. The number of ether oxygens (including phenoxy) is 1. The number of thioether (sulfide) groups is 1. The van der Waals surface area contributed by atoms with Crippen molar-refractivity contribution in [2.75, 3.05) is 18.2 Å². The average Bonchev–Trinajstić information content (AvgIpc) is 3.49. The molecule has 0 aliphatic carbocycles. The third-order valence-corrected chi connectivity index (χ3v) is 6.03. The van der Waals surface area contributed by atoms with Crippen molar-refractivity contribution in [3.05, 3.63) is 89.7 Å². The number of furan rings is 1. The number of hydrogen-bond acceptors (Lipinski definition) is 7. The van der Waals surface area contributed by atoms with Crippen LogP contribution < -0.4 is 10.6 Å². The molecule has 0 radical (unpaired) electrons. The maximum Gasteiger partial charge on any atom is 0.291 e. The van der Waals surface area contributed by atoms with Gasteiger partial charge in [0, 0.05) is 23.3 Å². The van der Waals surface area contributed by atoms with Gasteiger partial charge < -0.3 is 24.2 Å². The van der Waals surface area contributed by atoms with E-state index in [2.05, 4.69) is 15.6 Å². The number of aromatic nitrogens is 1. The number of aryl methyl sites for hydroxylation is 1. The SMILES string of the molecule is COCc1ccc(C(=O)Nc2ccc(-c3nc(CNC(=O)CSc4ccccc4)c(C)o3)cc2)o1. The number of amides is 2. The number of carbonyl (C=O) groups is 2. The van der Waals surface area contributed by atoms with Crippen molar-refractivity contribution in [3.63, 3.8) is 0 Å². The number of rotatable bonds is 10. The molecule has 0 saturated carbocycles. The minimum Gasteiger partial charge on any atom is -0.453 e. The van der Waals surface area contributed by atoms with Gasteiger partial charge in [0.15, 0.2) is 5.76 Å². The van der Waals surface area contributed by atoms with E-state index in [1.54, 1.807) is 43.5 Å². The molecule has 0 aliphatic heterocycles. The summed E-state index contributed by atoms with van der Waals surface area (Å²) in [5.74, 6) is 1.76. The number of nitrogens with zero attached hydrogens (tertiary/aromatic N) is 1. The third kappa shape index (κ3) is 6.62. The average molecular weight is 492 g/mol. The number of benzene rings is 2. The van der Waals surface area contributed by atoms with Gasteiger partial charge in [0.25, 0.3) is 5.91 Å². The molecule has 2 heterocycles. The van der Waals surface area contributed by atoms with Crippen molar-refractivity contribution in [2.45, 2.75) is 25.0 Å². The maximum atomic E-state index is 12.4. The first-order valence-corrected chi connectivity index (χ1v) is 11.9. The van der Waals surface area contributed by atoms with Crippen LogP contribution in [0.25, 0.3) is 11.5 Å². The fraction of sp³-hybridized carbons (Fsp3) is 0.192. The number of anilines is 1. The van der Waals surface area contributed by atoms with Gasteiger partial charge in [-0.15, -0.1) is 11.8 Å². The smallest absolute Gasteiger partial charge is 0.291 e. The maximum absolute atomic E-state index is 12.4. The van der Waals surface area contributed by atoms with Crippen molar-refractivity contribution in [1.82, 2.24) is 10.3 Å². The van der Waals surface area contributed by atoms with Crippen LogP contribution >= 0.6 is 11.8 Å². The zero-order chi connectivity index (χ0) is 24.6. The molecular formula is C26H25N3O5S. The van der Waals surface area contributed by atoms with Crippen molar-refractivity contribution in [2.24, 2.45) is 0 Å². The van der Waals surface area contributed by atoms with Crippen LogP contribution in [-0.2, 0) is 22.7 Å². The first-order chi connectivity index (χ1) is 17.0. The standard InChI is InChI=1S/C26H25N3O5S/c1-17-22(14-27-24(30)16-35-21-6-4-3-5-7-21)29-26(33-17)18-8-10-19(11-9-18)28-25(31)23-13-12-20(34-23)15-32-2/h3-13H,14-16H2,1-2H3,(H,27,30)(H,28,31). The van der Waals surface area contributed by atoms with Crippen LogP contribution in [0.4, 0.5) is 5.69 Å². The molecule has 180 valence electrons. The van der Waals surface area contributed by atoms with Crippen LogP contribution in [0.5, 0.6) is 0 Å². The lowest BCUT2D eigenvalue weighted by atomic mass is 10.2. The van der Waals surface area contributed by atoms with Crippen LogP contribution in [0.2, 0.25) is 0 Å². The van der Waals surface area contributed by atoms with Gasteiger partial charge in [0.1, 0.15) is 23.8 Å². The summed E-state index contributed by atoms with van der Waals surface area (Å²) in [7, 11) is 1.56. The molecule has 0 bridgehead atoms. The second kappa shape index (κ2) is 11.5. The van der Waals surface area contributed by atoms with Crippen LogP contribution in [-0.4, -0.2) is 29.7 Å². The molecule has 0 saturated heterocycles. The van der Waals surface area contributed by atoms with Crippen LogP contribution in [0.3, 0.4) is 0 Å². The summed E-state index contributed by atoms with van der Waals surface area (Å²) < 4.78 is 16.2. The van der Waals surface area contributed by atoms with E-state index >= 15 is 0 Å². The van der Waals surface area contributed by atoms with Crippen LogP contribution in [0, 0.1) is 6.92 Å². The molecule has 2 aromatic heterocycles. The Morgan fingerprint density at radius 1 is 1.00 bits per heavy atom. The molecule has 4 rings (SSSR count). The highest BCUT2D eigenvalue weighted by atomic mass is 32.2. The summed E-state index contributed by atoms with van der Waals surface area (Å²) in [5.41, 5.74) is 2.03. The van der Waals surface area contributed by atoms with E-state index in [0.717, 1.165) is 10.5 Å². The fourth-order valence-corrected chi connectivity index (χ4v) is 3.97. The van der Waals surface area contributed by atoms with Gasteiger partial charge in [-0.1, -0.05) is 18.2 Å². The number of methoxy groups -OCH3 is 1. The summed E-state index contributed by atoms with van der Waals surface area (Å²) in [5, 5.41) is 5.68. The Hall–Kier alpha value is -3.82. The molecule has 35 heavy (non-hydrogen) atoms. The van der Waals surface area contributed by atoms with Gasteiger partial charge in [-0.2, -0.15) is 0 Å². The first-order valence-electron chi connectivity index (χ1n) is 10.9. The monoisotopic (exact) mass is 491 g/mol. The summed E-state index contributed by atoms with van der Waals surface area (Å²) >= 11 is 1.48. The Bertz CT molecular complexity index is 1280. The highest BCUT2D eigenvalue weighted by molar-refractivity contribution is 8.00. The predicted octanol–water partition coefficient (Wildman–Crippen LogP) is 5.05. The van der Waals surface area contributed by atoms with Gasteiger partial charge in [-0.3, -0.25) is 9.59 Å². The normalized spacial score (nSPS) is 10.8. The predicted molar refractivity (Wildman–Crippen MR) is 133 cm³/mol. The van der Waals surface area contributed by atoms with Crippen LogP contribution in [0.15, 0.2) is 80.5 Å². The molecule has 2 aromatic carbocycles. The number of carbonyl (C=O) groups excluding carboxylic acids is 2. The van der Waals surface area contributed by atoms with E-state index in [1.165, 1.54) is 11.8 Å². The number of nitrogens with one attached hydrogen (secondary N) is 2. The Kier molecular flexibility index (Phi) is 8.02. The van der Waals surface area contributed by atoms with Crippen molar-refractivity contribution in [1.29, 1.82) is 0 Å². The van der Waals surface area contributed by atoms with E-state index in [4.69, 9.17) is 13.6 Å². The van der Waals surface area contributed by atoms with Gasteiger partial charge >= 0.3 is 0 Å².